The summed E-state index contributed by atoms with van der Waals surface area (Å²) in [6.07, 6.45) is 2.84. The summed E-state index contributed by atoms with van der Waals surface area (Å²) in [6, 6.07) is 0. The molecule has 0 aromatic rings. The van der Waals surface area contributed by atoms with Crippen molar-refractivity contribution in [2.45, 2.75) is 38.6 Å². The average molecular weight is 276 g/mol. The van der Waals surface area contributed by atoms with E-state index >= 15 is 0 Å². The Morgan fingerprint density at radius 1 is 1.50 bits per heavy atom. The third kappa shape index (κ3) is 4.76. The summed E-state index contributed by atoms with van der Waals surface area (Å²) in [4.78, 5) is 13.1. The second-order valence-electron chi connectivity index (χ2n) is 4.79. The van der Waals surface area contributed by atoms with Gasteiger partial charge in [-0.1, -0.05) is 6.92 Å². The maximum absolute atomic E-state index is 11.5. The van der Waals surface area contributed by atoms with Crippen LogP contribution in [0.15, 0.2) is 0 Å². The van der Waals surface area contributed by atoms with Crippen LogP contribution in [-0.4, -0.2) is 58.6 Å². The van der Waals surface area contributed by atoms with Crippen LogP contribution in [0.2, 0.25) is 0 Å². The van der Waals surface area contributed by atoms with Crippen LogP contribution < -0.4 is 5.32 Å². The lowest BCUT2D eigenvalue weighted by atomic mass is 10.1. The van der Waals surface area contributed by atoms with Crippen LogP contribution in [0.4, 0.5) is 0 Å². The van der Waals surface area contributed by atoms with Gasteiger partial charge in [-0.2, -0.15) is 11.8 Å². The van der Waals surface area contributed by atoms with Gasteiger partial charge in [0.2, 0.25) is 5.91 Å². The second kappa shape index (κ2) is 7.99. The van der Waals surface area contributed by atoms with Crippen molar-refractivity contribution in [3.05, 3.63) is 0 Å². The van der Waals surface area contributed by atoms with Crippen molar-refractivity contribution < 1.29 is 15.0 Å². The quantitative estimate of drug-likeness (QED) is 0.580. The number of carbonyl (C=O) groups excluding carboxylic acids is 1. The molecular weight excluding hydrogens is 252 g/mol. The van der Waals surface area contributed by atoms with Gasteiger partial charge in [0.25, 0.3) is 0 Å². The largest absolute Gasteiger partial charge is 0.378 e. The van der Waals surface area contributed by atoms with Crippen molar-refractivity contribution in [2.75, 3.05) is 25.1 Å². The number of thioether (sulfide) groups is 1. The van der Waals surface area contributed by atoms with Gasteiger partial charge in [0.1, 0.15) is 12.5 Å². The van der Waals surface area contributed by atoms with Crippen LogP contribution in [-0.2, 0) is 4.79 Å². The van der Waals surface area contributed by atoms with Gasteiger partial charge in [-0.05, 0) is 30.8 Å². The molecule has 0 aliphatic carbocycles. The Balaban J connectivity index is 2.15. The van der Waals surface area contributed by atoms with Crippen LogP contribution in [0.3, 0.4) is 0 Å². The molecule has 106 valence electrons. The first-order valence-electron chi connectivity index (χ1n) is 6.43. The van der Waals surface area contributed by atoms with Gasteiger partial charge in [0.15, 0.2) is 0 Å². The van der Waals surface area contributed by atoms with Crippen LogP contribution in [0, 0.1) is 5.92 Å². The van der Waals surface area contributed by atoms with E-state index in [0.717, 1.165) is 12.2 Å². The summed E-state index contributed by atoms with van der Waals surface area (Å²) in [6.45, 7) is 2.87. The van der Waals surface area contributed by atoms with Crippen LogP contribution in [0.5, 0.6) is 0 Å². The molecule has 1 fully saturated rings. The maximum Gasteiger partial charge on any atom is 0.220 e. The van der Waals surface area contributed by atoms with Gasteiger partial charge in [-0.25, -0.2) is 0 Å². The molecule has 1 amide bonds. The normalized spacial score (nSPS) is 28.6. The smallest absolute Gasteiger partial charge is 0.220 e. The van der Waals surface area contributed by atoms with Crippen molar-refractivity contribution in [1.82, 2.24) is 10.2 Å². The Hall–Kier alpha value is -0.300. The Kier molecular flexibility index (Phi) is 6.99. The first kappa shape index (κ1) is 15.8. The van der Waals surface area contributed by atoms with Gasteiger partial charge < -0.3 is 15.5 Å². The fraction of sp³-hybridized carbons (Fsp3) is 0.917. The van der Waals surface area contributed by atoms with Crippen LogP contribution in [0.1, 0.15) is 26.2 Å². The molecule has 1 aliphatic heterocycles. The highest BCUT2D eigenvalue weighted by atomic mass is 32.2. The first-order valence-corrected chi connectivity index (χ1v) is 7.83. The molecule has 3 atom stereocenters. The Morgan fingerprint density at radius 2 is 2.22 bits per heavy atom. The molecule has 1 rings (SSSR count). The molecule has 6 heteroatoms. The topological polar surface area (TPSA) is 72.8 Å². The molecule has 0 aromatic heterocycles. The molecular formula is C12H24N2O3S. The standard InChI is InChI=1S/C12H24N2O3S/c1-9-8-11(16)14(12(9)17)6-5-13-10(15)4-3-7-18-2/h9,11-12,16-17H,3-8H2,1-2H3,(H,13,15). The SMILES string of the molecule is CSCCCC(=O)NCCN1C(O)CC(C)C1O. The lowest BCUT2D eigenvalue weighted by Crippen LogP contribution is -2.42. The predicted octanol–water partition coefficient (Wildman–Crippen LogP) is 0.224. The van der Waals surface area contributed by atoms with E-state index in [4.69, 9.17) is 0 Å². The zero-order valence-electron chi connectivity index (χ0n) is 11.1. The molecule has 0 saturated carbocycles. The third-order valence-corrected chi connectivity index (χ3v) is 3.96. The number of aliphatic hydroxyl groups excluding tert-OH is 2. The molecule has 0 bridgehead atoms. The van der Waals surface area contributed by atoms with Gasteiger partial charge in [0.05, 0.1) is 0 Å². The number of aliphatic hydroxyl groups is 2. The highest BCUT2D eigenvalue weighted by Crippen LogP contribution is 2.25. The average Bonchev–Trinajstić information content (AvgIpc) is 2.56. The van der Waals surface area contributed by atoms with E-state index in [1.54, 1.807) is 16.7 Å². The Morgan fingerprint density at radius 3 is 2.78 bits per heavy atom. The van der Waals surface area contributed by atoms with E-state index in [2.05, 4.69) is 5.32 Å². The van der Waals surface area contributed by atoms with E-state index in [0.29, 0.717) is 25.9 Å². The molecule has 0 spiro atoms. The minimum Gasteiger partial charge on any atom is -0.378 e. The number of carbonyl (C=O) groups is 1. The molecule has 5 nitrogen and oxygen atoms in total. The summed E-state index contributed by atoms with van der Waals surface area (Å²) in [5, 5.41) is 22.3. The van der Waals surface area contributed by atoms with E-state index < -0.39 is 12.5 Å². The molecule has 18 heavy (non-hydrogen) atoms. The lowest BCUT2D eigenvalue weighted by molar-refractivity contribution is -0.121. The molecule has 1 saturated heterocycles. The number of likely N-dealkylation sites (tertiary alicyclic amines) is 1. The number of rotatable bonds is 7. The highest BCUT2D eigenvalue weighted by Gasteiger charge is 2.35. The number of nitrogens with one attached hydrogen (secondary N) is 1. The number of amides is 1. The monoisotopic (exact) mass is 276 g/mol. The third-order valence-electron chi connectivity index (χ3n) is 3.26. The van der Waals surface area contributed by atoms with Crippen molar-refractivity contribution in [3.63, 3.8) is 0 Å². The molecule has 3 N–H and O–H groups in total. The van der Waals surface area contributed by atoms with Gasteiger partial charge in [-0.3, -0.25) is 9.69 Å². The first-order chi connectivity index (χ1) is 8.56. The highest BCUT2D eigenvalue weighted by molar-refractivity contribution is 7.98. The Labute approximate surface area is 113 Å². The Bertz CT molecular complexity index is 266. The van der Waals surface area contributed by atoms with E-state index in [1.165, 1.54) is 0 Å². The van der Waals surface area contributed by atoms with Gasteiger partial charge >= 0.3 is 0 Å². The van der Waals surface area contributed by atoms with E-state index in [9.17, 15) is 15.0 Å². The second-order valence-corrected chi connectivity index (χ2v) is 5.78. The van der Waals surface area contributed by atoms with Crippen molar-refractivity contribution in [1.29, 1.82) is 0 Å². The predicted molar refractivity (Wildman–Crippen MR) is 73.1 cm³/mol. The molecule has 0 radical (unpaired) electrons. The summed E-state index contributed by atoms with van der Waals surface area (Å²) in [7, 11) is 0. The van der Waals surface area contributed by atoms with E-state index in [-0.39, 0.29) is 11.8 Å². The van der Waals surface area contributed by atoms with Crippen LogP contribution >= 0.6 is 11.8 Å². The number of nitrogens with zero attached hydrogens (tertiary/aromatic N) is 1. The zero-order valence-corrected chi connectivity index (χ0v) is 11.9. The number of hydrogen-bond acceptors (Lipinski definition) is 5. The minimum atomic E-state index is -0.603. The maximum atomic E-state index is 11.5. The lowest BCUT2D eigenvalue weighted by Gasteiger charge is -2.24. The molecule has 1 heterocycles. The van der Waals surface area contributed by atoms with Gasteiger partial charge in [0, 0.05) is 19.5 Å². The van der Waals surface area contributed by atoms with E-state index in [1.807, 2.05) is 13.2 Å². The minimum absolute atomic E-state index is 0.0419. The van der Waals surface area contributed by atoms with Crippen molar-refractivity contribution in [3.8, 4) is 0 Å². The fourth-order valence-electron chi connectivity index (χ4n) is 2.16. The summed E-state index contributed by atoms with van der Waals surface area (Å²) < 4.78 is 0. The summed E-state index contributed by atoms with van der Waals surface area (Å²) in [5.74, 6) is 1.12. The summed E-state index contributed by atoms with van der Waals surface area (Å²) in [5.41, 5.74) is 0. The summed E-state index contributed by atoms with van der Waals surface area (Å²) >= 11 is 1.73. The van der Waals surface area contributed by atoms with Crippen LogP contribution in [0.25, 0.3) is 0 Å². The molecule has 0 aromatic carbocycles. The fourth-order valence-corrected chi connectivity index (χ4v) is 2.60. The van der Waals surface area contributed by atoms with Gasteiger partial charge in [-0.15, -0.1) is 0 Å². The molecule has 1 aliphatic rings. The van der Waals surface area contributed by atoms with Crippen molar-refractivity contribution in [2.24, 2.45) is 5.92 Å². The zero-order chi connectivity index (χ0) is 13.5. The molecule has 3 unspecified atom stereocenters. The number of hydrogen-bond donors (Lipinski definition) is 3. The van der Waals surface area contributed by atoms with Crippen molar-refractivity contribution >= 4 is 17.7 Å².